The van der Waals surface area contributed by atoms with Crippen LogP contribution in [0.2, 0.25) is 0 Å². The Morgan fingerprint density at radius 2 is 1.74 bits per heavy atom. The van der Waals surface area contributed by atoms with Crippen molar-refractivity contribution in [2.75, 3.05) is 46.8 Å². The zero-order valence-corrected chi connectivity index (χ0v) is 18.7. The Kier molecular flexibility index (Phi) is 7.64. The van der Waals surface area contributed by atoms with Crippen molar-refractivity contribution in [1.29, 1.82) is 0 Å². The Labute approximate surface area is 183 Å². The summed E-state index contributed by atoms with van der Waals surface area (Å²) < 4.78 is 40.2. The van der Waals surface area contributed by atoms with Gasteiger partial charge in [0.1, 0.15) is 5.82 Å². The first-order valence-corrected chi connectivity index (χ1v) is 11.7. The molecule has 2 aromatic rings. The minimum atomic E-state index is -3.78. The van der Waals surface area contributed by atoms with Crippen LogP contribution in [-0.4, -0.2) is 81.4 Å². The molecule has 0 bridgehead atoms. The number of nitrogens with zero attached hydrogens (tertiary/aromatic N) is 3. The van der Waals surface area contributed by atoms with Crippen LogP contribution in [0, 0.1) is 5.82 Å². The van der Waals surface area contributed by atoms with E-state index in [1.54, 1.807) is 4.90 Å². The largest absolute Gasteiger partial charge is 0.336 e. The van der Waals surface area contributed by atoms with Gasteiger partial charge < -0.3 is 15.1 Å². The fourth-order valence-corrected chi connectivity index (χ4v) is 5.00. The molecule has 0 saturated carbocycles. The zero-order chi connectivity index (χ0) is 22.4. The van der Waals surface area contributed by atoms with E-state index in [0.29, 0.717) is 6.54 Å². The number of rotatable bonds is 7. The molecule has 31 heavy (non-hydrogen) atoms. The molecule has 3 rings (SSSR count). The molecule has 1 aliphatic heterocycles. The van der Waals surface area contributed by atoms with E-state index < -0.39 is 15.8 Å². The molecule has 2 amide bonds. The topological polar surface area (TPSA) is 73.0 Å². The Hall–Kier alpha value is -2.49. The number of halogens is 1. The maximum Gasteiger partial charge on any atom is 0.317 e. The fourth-order valence-electron chi connectivity index (χ4n) is 3.55. The van der Waals surface area contributed by atoms with E-state index in [2.05, 4.69) is 22.3 Å². The monoisotopic (exact) mass is 448 g/mol. The van der Waals surface area contributed by atoms with Crippen molar-refractivity contribution in [2.45, 2.75) is 17.4 Å². The van der Waals surface area contributed by atoms with Crippen molar-refractivity contribution in [3.63, 3.8) is 0 Å². The summed E-state index contributed by atoms with van der Waals surface area (Å²) in [6, 6.07) is 15.0. The lowest BCUT2D eigenvalue weighted by atomic mass is 10.1. The maximum absolute atomic E-state index is 13.4. The summed E-state index contributed by atoms with van der Waals surface area (Å²) in [6.45, 7) is 1.40. The number of amides is 2. The summed E-state index contributed by atoms with van der Waals surface area (Å²) >= 11 is 0. The van der Waals surface area contributed by atoms with Gasteiger partial charge in [0.05, 0.1) is 4.90 Å². The first kappa shape index (κ1) is 23.2. The first-order valence-electron chi connectivity index (χ1n) is 10.3. The molecular weight excluding hydrogens is 419 g/mol. The lowest BCUT2D eigenvalue weighted by molar-refractivity contribution is 0.168. The summed E-state index contributed by atoms with van der Waals surface area (Å²) in [5, 5.41) is 2.97. The van der Waals surface area contributed by atoms with Gasteiger partial charge in [-0.2, -0.15) is 4.31 Å². The van der Waals surface area contributed by atoms with Crippen LogP contribution in [0.4, 0.5) is 9.18 Å². The highest BCUT2D eigenvalue weighted by atomic mass is 32.2. The second kappa shape index (κ2) is 10.2. The number of piperazine rings is 1. The summed E-state index contributed by atoms with van der Waals surface area (Å²) in [7, 11) is 0.187. The lowest BCUT2D eigenvalue weighted by Crippen LogP contribution is -2.54. The maximum atomic E-state index is 13.4. The third-order valence-corrected chi connectivity index (χ3v) is 7.39. The number of hydrogen-bond donors (Lipinski definition) is 1. The van der Waals surface area contributed by atoms with E-state index in [1.165, 1.54) is 28.1 Å². The molecule has 168 valence electrons. The van der Waals surface area contributed by atoms with Gasteiger partial charge in [-0.3, -0.25) is 0 Å². The molecule has 0 unspecified atom stereocenters. The van der Waals surface area contributed by atoms with Gasteiger partial charge in [-0.15, -0.1) is 0 Å². The molecule has 1 N–H and O–H groups in total. The number of carbonyl (C=O) groups excluding carboxylic acids is 1. The van der Waals surface area contributed by atoms with Gasteiger partial charge in [0.2, 0.25) is 10.0 Å². The second-order valence-electron chi connectivity index (χ2n) is 7.84. The minimum absolute atomic E-state index is 0.0693. The standard InChI is InChI=1S/C22H29FN4O3S/c1-25(2)20(15-18-7-4-3-5-8-18)17-24-22(28)26-11-13-27(14-12-26)31(29,30)21-10-6-9-19(23)16-21/h3-10,16,20H,11-15,17H2,1-2H3,(H,24,28)/t20-/m0/s1. The lowest BCUT2D eigenvalue weighted by Gasteiger charge is -2.34. The molecule has 7 nitrogen and oxygen atoms in total. The number of hydrogen-bond acceptors (Lipinski definition) is 4. The van der Waals surface area contributed by atoms with Gasteiger partial charge in [-0.1, -0.05) is 36.4 Å². The van der Waals surface area contributed by atoms with Gasteiger partial charge in [0.25, 0.3) is 0 Å². The number of urea groups is 1. The molecule has 1 saturated heterocycles. The number of benzene rings is 2. The fraction of sp³-hybridized carbons (Fsp3) is 0.409. The smallest absolute Gasteiger partial charge is 0.317 e. The van der Waals surface area contributed by atoms with Crippen molar-refractivity contribution >= 4 is 16.1 Å². The molecule has 1 heterocycles. The SMILES string of the molecule is CN(C)[C@H](CNC(=O)N1CCN(S(=O)(=O)c2cccc(F)c2)CC1)Cc1ccccc1. The molecule has 0 radical (unpaired) electrons. The van der Waals surface area contributed by atoms with Crippen molar-refractivity contribution in [2.24, 2.45) is 0 Å². The molecule has 1 fully saturated rings. The van der Waals surface area contributed by atoms with Crippen molar-refractivity contribution in [1.82, 2.24) is 19.4 Å². The average Bonchev–Trinajstić information content (AvgIpc) is 2.77. The van der Waals surface area contributed by atoms with Crippen LogP contribution < -0.4 is 5.32 Å². The quantitative estimate of drug-likeness (QED) is 0.703. The summed E-state index contributed by atoms with van der Waals surface area (Å²) in [6.07, 6.45) is 0.813. The number of likely N-dealkylation sites (N-methyl/N-ethyl adjacent to an activating group) is 1. The minimum Gasteiger partial charge on any atom is -0.336 e. The van der Waals surface area contributed by atoms with Gasteiger partial charge in [-0.05, 0) is 44.3 Å². The highest BCUT2D eigenvalue weighted by molar-refractivity contribution is 7.89. The Morgan fingerprint density at radius 1 is 1.06 bits per heavy atom. The molecular formula is C22H29FN4O3S. The van der Waals surface area contributed by atoms with Crippen LogP contribution in [0.1, 0.15) is 5.56 Å². The highest BCUT2D eigenvalue weighted by Gasteiger charge is 2.30. The van der Waals surface area contributed by atoms with Crippen LogP contribution in [0.5, 0.6) is 0 Å². The highest BCUT2D eigenvalue weighted by Crippen LogP contribution is 2.18. The van der Waals surface area contributed by atoms with Crippen LogP contribution in [0.25, 0.3) is 0 Å². The van der Waals surface area contributed by atoms with Gasteiger partial charge >= 0.3 is 6.03 Å². The van der Waals surface area contributed by atoms with E-state index in [9.17, 15) is 17.6 Å². The second-order valence-corrected chi connectivity index (χ2v) is 9.78. The summed E-state index contributed by atoms with van der Waals surface area (Å²) in [5.74, 6) is -0.593. The van der Waals surface area contributed by atoms with Crippen LogP contribution in [0.3, 0.4) is 0 Å². The Morgan fingerprint density at radius 3 is 2.35 bits per heavy atom. The third kappa shape index (κ3) is 6.03. The van der Waals surface area contributed by atoms with Gasteiger partial charge in [0, 0.05) is 38.8 Å². The van der Waals surface area contributed by atoms with Crippen molar-refractivity contribution in [3.8, 4) is 0 Å². The Balaban J connectivity index is 1.52. The molecule has 0 spiro atoms. The van der Waals surface area contributed by atoms with Crippen LogP contribution >= 0.6 is 0 Å². The molecule has 0 aromatic heterocycles. The number of carbonyl (C=O) groups is 1. The zero-order valence-electron chi connectivity index (χ0n) is 17.9. The molecule has 1 atom stereocenters. The first-order chi connectivity index (χ1) is 14.8. The van der Waals surface area contributed by atoms with Crippen molar-refractivity contribution < 1.29 is 17.6 Å². The van der Waals surface area contributed by atoms with E-state index in [1.807, 2.05) is 32.3 Å². The normalized spacial score (nSPS) is 16.3. The Bertz CT molecular complexity index is 977. The third-order valence-electron chi connectivity index (χ3n) is 5.49. The van der Waals surface area contributed by atoms with Crippen molar-refractivity contribution in [3.05, 3.63) is 66.0 Å². The summed E-state index contributed by atoms with van der Waals surface area (Å²) in [4.78, 5) is 16.3. The van der Waals surface area contributed by atoms with Crippen LogP contribution in [-0.2, 0) is 16.4 Å². The van der Waals surface area contributed by atoms with E-state index in [0.717, 1.165) is 12.5 Å². The van der Waals surface area contributed by atoms with E-state index in [4.69, 9.17) is 0 Å². The molecule has 0 aliphatic carbocycles. The molecule has 2 aromatic carbocycles. The predicted molar refractivity (Wildman–Crippen MR) is 118 cm³/mol. The van der Waals surface area contributed by atoms with Gasteiger partial charge in [-0.25, -0.2) is 17.6 Å². The molecule has 9 heteroatoms. The van der Waals surface area contributed by atoms with E-state index >= 15 is 0 Å². The van der Waals surface area contributed by atoms with Crippen LogP contribution in [0.15, 0.2) is 59.5 Å². The summed E-state index contributed by atoms with van der Waals surface area (Å²) in [5.41, 5.74) is 1.20. The number of nitrogens with one attached hydrogen (secondary N) is 1. The van der Waals surface area contributed by atoms with Gasteiger partial charge in [0.15, 0.2) is 0 Å². The molecule has 1 aliphatic rings. The predicted octanol–water partition coefficient (Wildman–Crippen LogP) is 2.01. The average molecular weight is 449 g/mol. The number of sulfonamides is 1. The van der Waals surface area contributed by atoms with E-state index in [-0.39, 0.29) is 43.1 Å².